The summed E-state index contributed by atoms with van der Waals surface area (Å²) < 4.78 is 21.4. The van der Waals surface area contributed by atoms with Crippen molar-refractivity contribution in [1.29, 1.82) is 0 Å². The first kappa shape index (κ1) is 15.0. The van der Waals surface area contributed by atoms with Crippen molar-refractivity contribution in [1.82, 2.24) is 10.1 Å². The minimum atomic E-state index is -0.302. The van der Waals surface area contributed by atoms with E-state index in [0.29, 0.717) is 31.5 Å². The highest BCUT2D eigenvalue weighted by molar-refractivity contribution is 5.37. The highest BCUT2D eigenvalue weighted by Crippen LogP contribution is 2.40. The summed E-state index contributed by atoms with van der Waals surface area (Å²) in [4.78, 5) is 4.53. The van der Waals surface area contributed by atoms with Crippen LogP contribution in [0.5, 0.6) is 5.75 Å². The van der Waals surface area contributed by atoms with E-state index in [1.807, 2.05) is 12.1 Å². The second-order valence-corrected chi connectivity index (χ2v) is 5.37. The lowest BCUT2D eigenvalue weighted by molar-refractivity contribution is 0.0523. The van der Waals surface area contributed by atoms with Crippen LogP contribution in [0.4, 0.5) is 0 Å². The molecule has 0 N–H and O–H groups in total. The number of ether oxygens (including phenoxy) is 3. The average molecular weight is 304 g/mol. The van der Waals surface area contributed by atoms with Crippen LogP contribution in [-0.4, -0.2) is 37.6 Å². The molecule has 0 unspecified atom stereocenters. The van der Waals surface area contributed by atoms with Gasteiger partial charge in [-0.25, -0.2) is 0 Å². The summed E-state index contributed by atoms with van der Waals surface area (Å²) in [6, 6.07) is 8.03. The largest absolute Gasteiger partial charge is 0.497 e. The molecule has 22 heavy (non-hydrogen) atoms. The number of aromatic nitrogens is 2. The normalized spacial score (nSPS) is 17.4. The molecule has 0 spiro atoms. The predicted molar refractivity (Wildman–Crippen MR) is 78.8 cm³/mol. The summed E-state index contributed by atoms with van der Waals surface area (Å²) in [5, 5.41) is 4.01. The second kappa shape index (κ2) is 6.46. The van der Waals surface area contributed by atoms with Crippen LogP contribution in [0.2, 0.25) is 0 Å². The van der Waals surface area contributed by atoms with Crippen LogP contribution in [0.1, 0.15) is 30.1 Å². The molecule has 0 atom stereocenters. The van der Waals surface area contributed by atoms with Crippen molar-refractivity contribution < 1.29 is 18.7 Å². The molecule has 6 nitrogen and oxygen atoms in total. The van der Waals surface area contributed by atoms with Gasteiger partial charge in [0.1, 0.15) is 12.4 Å². The third-order valence-corrected chi connectivity index (χ3v) is 4.14. The minimum Gasteiger partial charge on any atom is -0.497 e. The maximum Gasteiger partial charge on any atom is 0.237 e. The van der Waals surface area contributed by atoms with Crippen LogP contribution in [0, 0.1) is 0 Å². The molecule has 1 aliphatic rings. The van der Waals surface area contributed by atoms with Crippen molar-refractivity contribution in [2.75, 3.05) is 27.4 Å². The van der Waals surface area contributed by atoms with Gasteiger partial charge in [-0.15, -0.1) is 0 Å². The number of rotatable bonds is 5. The zero-order valence-electron chi connectivity index (χ0n) is 12.9. The zero-order chi connectivity index (χ0) is 15.4. The first-order valence-corrected chi connectivity index (χ1v) is 7.33. The Morgan fingerprint density at radius 1 is 1.14 bits per heavy atom. The number of nitrogens with zero attached hydrogens (tertiary/aromatic N) is 2. The van der Waals surface area contributed by atoms with E-state index in [1.165, 1.54) is 0 Å². The molecule has 0 amide bonds. The van der Waals surface area contributed by atoms with E-state index in [-0.39, 0.29) is 5.41 Å². The summed E-state index contributed by atoms with van der Waals surface area (Å²) in [5.41, 5.74) is 0.841. The summed E-state index contributed by atoms with van der Waals surface area (Å²) in [7, 11) is 3.28. The maximum atomic E-state index is 5.54. The van der Waals surface area contributed by atoms with Gasteiger partial charge in [-0.2, -0.15) is 4.98 Å². The predicted octanol–water partition coefficient (Wildman–Crippen LogP) is 2.32. The standard InChI is InChI=1S/C16H20N2O4/c1-19-11-14-17-15(22-18-14)16(7-9-21-10-8-16)12-3-5-13(20-2)6-4-12/h3-6H,7-11H2,1-2H3. The van der Waals surface area contributed by atoms with E-state index in [4.69, 9.17) is 18.7 Å². The first-order chi connectivity index (χ1) is 10.8. The van der Waals surface area contributed by atoms with Gasteiger partial charge < -0.3 is 18.7 Å². The van der Waals surface area contributed by atoms with E-state index in [2.05, 4.69) is 22.3 Å². The van der Waals surface area contributed by atoms with E-state index >= 15 is 0 Å². The Labute approximate surface area is 129 Å². The molecule has 2 heterocycles. The van der Waals surface area contributed by atoms with E-state index in [9.17, 15) is 0 Å². The summed E-state index contributed by atoms with van der Waals surface area (Å²) in [5.74, 6) is 2.03. The van der Waals surface area contributed by atoms with E-state index in [0.717, 1.165) is 24.2 Å². The van der Waals surface area contributed by atoms with E-state index in [1.54, 1.807) is 14.2 Å². The summed E-state index contributed by atoms with van der Waals surface area (Å²) in [6.45, 7) is 1.70. The zero-order valence-corrected chi connectivity index (χ0v) is 12.9. The molecule has 0 saturated carbocycles. The summed E-state index contributed by atoms with van der Waals surface area (Å²) in [6.07, 6.45) is 1.63. The maximum absolute atomic E-state index is 5.54. The van der Waals surface area contributed by atoms with Gasteiger partial charge in [-0.3, -0.25) is 0 Å². The SMILES string of the molecule is COCc1noc(C2(c3ccc(OC)cc3)CCOCC2)n1. The molecule has 118 valence electrons. The molecular formula is C16H20N2O4. The Hall–Kier alpha value is -1.92. The van der Waals surface area contributed by atoms with Crippen LogP contribution in [0.15, 0.2) is 28.8 Å². The van der Waals surface area contributed by atoms with Gasteiger partial charge in [0.05, 0.1) is 12.5 Å². The van der Waals surface area contributed by atoms with Crippen LogP contribution in [0.3, 0.4) is 0 Å². The molecule has 1 aromatic carbocycles. The van der Waals surface area contributed by atoms with Gasteiger partial charge in [0.2, 0.25) is 5.89 Å². The molecule has 1 fully saturated rings. The van der Waals surface area contributed by atoms with Crippen LogP contribution < -0.4 is 4.74 Å². The molecular weight excluding hydrogens is 284 g/mol. The minimum absolute atomic E-state index is 0.302. The Morgan fingerprint density at radius 3 is 2.50 bits per heavy atom. The van der Waals surface area contributed by atoms with Gasteiger partial charge >= 0.3 is 0 Å². The molecule has 1 saturated heterocycles. The Balaban J connectivity index is 1.99. The van der Waals surface area contributed by atoms with Gasteiger partial charge in [0, 0.05) is 20.3 Å². The van der Waals surface area contributed by atoms with E-state index < -0.39 is 0 Å². The molecule has 0 bridgehead atoms. The quantitative estimate of drug-likeness (QED) is 0.844. The number of hydrogen-bond acceptors (Lipinski definition) is 6. The van der Waals surface area contributed by atoms with Crippen molar-refractivity contribution in [2.24, 2.45) is 0 Å². The molecule has 0 radical (unpaired) electrons. The van der Waals surface area contributed by atoms with Crippen molar-refractivity contribution >= 4 is 0 Å². The van der Waals surface area contributed by atoms with Gasteiger partial charge in [0.15, 0.2) is 5.82 Å². The second-order valence-electron chi connectivity index (χ2n) is 5.37. The average Bonchev–Trinajstić information content (AvgIpc) is 3.05. The van der Waals surface area contributed by atoms with Crippen LogP contribution >= 0.6 is 0 Å². The Morgan fingerprint density at radius 2 is 1.86 bits per heavy atom. The molecule has 2 aromatic rings. The third kappa shape index (κ3) is 2.71. The number of methoxy groups -OCH3 is 2. The number of hydrogen-bond donors (Lipinski definition) is 0. The molecule has 1 aromatic heterocycles. The molecule has 6 heteroatoms. The highest BCUT2D eigenvalue weighted by Gasteiger charge is 2.41. The van der Waals surface area contributed by atoms with Crippen LogP contribution in [-0.2, 0) is 21.5 Å². The lowest BCUT2D eigenvalue weighted by Gasteiger charge is -2.34. The molecule has 3 rings (SSSR count). The Kier molecular flexibility index (Phi) is 4.40. The fourth-order valence-corrected chi connectivity index (χ4v) is 2.89. The monoisotopic (exact) mass is 304 g/mol. The molecule has 1 aliphatic heterocycles. The van der Waals surface area contributed by atoms with Crippen LogP contribution in [0.25, 0.3) is 0 Å². The van der Waals surface area contributed by atoms with Crippen molar-refractivity contribution in [3.05, 3.63) is 41.5 Å². The lowest BCUT2D eigenvalue weighted by atomic mass is 9.74. The van der Waals surface area contributed by atoms with Crippen molar-refractivity contribution in [3.8, 4) is 5.75 Å². The third-order valence-electron chi connectivity index (χ3n) is 4.14. The number of benzene rings is 1. The van der Waals surface area contributed by atoms with Gasteiger partial charge in [0.25, 0.3) is 0 Å². The highest BCUT2D eigenvalue weighted by atomic mass is 16.5. The van der Waals surface area contributed by atoms with Gasteiger partial charge in [-0.05, 0) is 30.5 Å². The fourth-order valence-electron chi connectivity index (χ4n) is 2.89. The Bertz CT molecular complexity index is 603. The van der Waals surface area contributed by atoms with Crippen molar-refractivity contribution in [2.45, 2.75) is 24.9 Å². The van der Waals surface area contributed by atoms with Gasteiger partial charge in [-0.1, -0.05) is 17.3 Å². The first-order valence-electron chi connectivity index (χ1n) is 7.33. The smallest absolute Gasteiger partial charge is 0.237 e. The lowest BCUT2D eigenvalue weighted by Crippen LogP contribution is -2.35. The fraction of sp³-hybridized carbons (Fsp3) is 0.500. The molecule has 0 aliphatic carbocycles. The topological polar surface area (TPSA) is 66.6 Å². The van der Waals surface area contributed by atoms with Crippen molar-refractivity contribution in [3.63, 3.8) is 0 Å². The summed E-state index contributed by atoms with van der Waals surface area (Å²) >= 11 is 0.